The summed E-state index contributed by atoms with van der Waals surface area (Å²) in [5, 5.41) is 9.03. The number of ether oxygens (including phenoxy) is 1. The molecule has 3 rings (SSSR count). The number of carbonyl (C=O) groups is 3. The van der Waals surface area contributed by atoms with Crippen LogP contribution in [0.25, 0.3) is 0 Å². The van der Waals surface area contributed by atoms with Crippen LogP contribution < -0.4 is 15.4 Å². The molecule has 0 saturated carbocycles. The lowest BCUT2D eigenvalue weighted by Gasteiger charge is -2.23. The number of anilines is 1. The molecule has 3 N–H and O–H groups in total. The van der Waals surface area contributed by atoms with Gasteiger partial charge in [0.15, 0.2) is 0 Å². The minimum atomic E-state index is -1.11. The molecular weight excluding hydrogens is 448 g/mol. The first-order valence-electron chi connectivity index (χ1n) is 11.0. The topological polar surface area (TPSA) is 113 Å². The number of unbranched alkanes of at least 4 members (excludes halogenated alkanes) is 2. The van der Waals surface area contributed by atoms with E-state index in [-0.39, 0.29) is 42.9 Å². The average Bonchev–Trinajstić information content (AvgIpc) is 2.89. The van der Waals surface area contributed by atoms with E-state index in [1.54, 1.807) is 12.1 Å². The fourth-order valence-electron chi connectivity index (χ4n) is 3.65. The average molecular weight is 475 g/mol. The van der Waals surface area contributed by atoms with E-state index in [0.717, 1.165) is 36.3 Å². The number of carbonyl (C=O) groups excluding carboxylic acids is 2. The SMILES string of the molecule is NCCCCCOc1ccc2c(c1)C(=O)N(CCC(=O)O)CC(=O)N2Cc1ccc(F)cc1F. The summed E-state index contributed by atoms with van der Waals surface area (Å²) in [6.45, 7) is 0.246. The van der Waals surface area contributed by atoms with E-state index in [2.05, 4.69) is 0 Å². The van der Waals surface area contributed by atoms with E-state index in [9.17, 15) is 23.2 Å². The van der Waals surface area contributed by atoms with Gasteiger partial charge >= 0.3 is 5.97 Å². The second-order valence-electron chi connectivity index (χ2n) is 7.96. The molecule has 0 fully saturated rings. The summed E-state index contributed by atoms with van der Waals surface area (Å²) in [4.78, 5) is 39.7. The predicted octanol–water partition coefficient (Wildman–Crippen LogP) is 2.94. The highest BCUT2D eigenvalue weighted by Crippen LogP contribution is 2.31. The standard InChI is InChI=1S/C24H27F2N3O5/c25-17-5-4-16(20(26)12-17)14-29-21-7-6-18(34-11-3-1-2-9-27)13-19(21)24(33)28(15-22(29)30)10-8-23(31)32/h4-7,12-13H,1-3,8-11,14-15,27H2,(H,31,32). The molecule has 1 heterocycles. The normalized spacial score (nSPS) is 13.6. The third kappa shape index (κ3) is 6.28. The van der Waals surface area contributed by atoms with Crippen molar-refractivity contribution in [3.8, 4) is 5.75 Å². The number of nitrogens with two attached hydrogens (primary N) is 1. The second kappa shape index (κ2) is 11.6. The number of hydrogen-bond acceptors (Lipinski definition) is 5. The Kier molecular flexibility index (Phi) is 8.53. The molecule has 182 valence electrons. The van der Waals surface area contributed by atoms with Crippen LogP contribution in [0.1, 0.15) is 41.6 Å². The number of carboxylic acid groups (broad SMARTS) is 1. The Morgan fingerprint density at radius 3 is 2.59 bits per heavy atom. The summed E-state index contributed by atoms with van der Waals surface area (Å²) >= 11 is 0. The largest absolute Gasteiger partial charge is 0.494 e. The number of amides is 2. The Bertz CT molecular complexity index is 1060. The van der Waals surface area contributed by atoms with Gasteiger partial charge in [0.25, 0.3) is 5.91 Å². The third-order valence-corrected chi connectivity index (χ3v) is 5.46. The van der Waals surface area contributed by atoms with Gasteiger partial charge in [0.05, 0.1) is 30.8 Å². The molecule has 8 nitrogen and oxygen atoms in total. The lowest BCUT2D eigenvalue weighted by atomic mass is 10.1. The molecule has 1 aliphatic rings. The fraction of sp³-hybridized carbons (Fsp3) is 0.375. The van der Waals surface area contributed by atoms with Gasteiger partial charge in [-0.3, -0.25) is 14.4 Å². The zero-order chi connectivity index (χ0) is 24.7. The summed E-state index contributed by atoms with van der Waals surface area (Å²) in [6.07, 6.45) is 2.22. The van der Waals surface area contributed by atoms with Gasteiger partial charge in [-0.2, -0.15) is 0 Å². The molecule has 10 heteroatoms. The molecule has 0 atom stereocenters. The Morgan fingerprint density at radius 1 is 1.09 bits per heavy atom. The highest BCUT2D eigenvalue weighted by molar-refractivity contribution is 6.09. The predicted molar refractivity (Wildman–Crippen MR) is 121 cm³/mol. The first kappa shape index (κ1) is 25.1. The highest BCUT2D eigenvalue weighted by atomic mass is 19.1. The van der Waals surface area contributed by atoms with Crippen LogP contribution in [-0.2, 0) is 16.1 Å². The molecule has 0 spiro atoms. The van der Waals surface area contributed by atoms with Gasteiger partial charge in [-0.05, 0) is 50.1 Å². The van der Waals surface area contributed by atoms with Crippen LogP contribution in [0, 0.1) is 11.6 Å². The van der Waals surface area contributed by atoms with Crippen molar-refractivity contribution in [2.45, 2.75) is 32.2 Å². The summed E-state index contributed by atoms with van der Waals surface area (Å²) in [5.74, 6) is -3.29. The molecule has 2 aromatic carbocycles. The molecule has 0 unspecified atom stereocenters. The molecule has 2 amide bonds. The Hall–Kier alpha value is -3.53. The quantitative estimate of drug-likeness (QED) is 0.483. The Morgan fingerprint density at radius 2 is 1.88 bits per heavy atom. The smallest absolute Gasteiger partial charge is 0.305 e. The molecule has 0 radical (unpaired) electrons. The highest BCUT2D eigenvalue weighted by Gasteiger charge is 2.32. The number of carboxylic acids is 1. The van der Waals surface area contributed by atoms with E-state index in [0.29, 0.717) is 18.9 Å². The van der Waals surface area contributed by atoms with E-state index in [1.807, 2.05) is 0 Å². The number of halogens is 2. The van der Waals surface area contributed by atoms with Crippen LogP contribution >= 0.6 is 0 Å². The first-order valence-corrected chi connectivity index (χ1v) is 11.0. The molecule has 0 aromatic heterocycles. The number of nitrogens with zero attached hydrogens (tertiary/aromatic N) is 2. The maximum atomic E-state index is 14.3. The maximum absolute atomic E-state index is 14.3. The fourth-order valence-corrected chi connectivity index (χ4v) is 3.65. The lowest BCUT2D eigenvalue weighted by molar-refractivity contribution is -0.137. The van der Waals surface area contributed by atoms with Crippen molar-refractivity contribution in [2.75, 3.05) is 31.1 Å². The van der Waals surface area contributed by atoms with Crippen LogP contribution in [0.3, 0.4) is 0 Å². The molecule has 1 aliphatic heterocycles. The lowest BCUT2D eigenvalue weighted by Crippen LogP contribution is -2.40. The van der Waals surface area contributed by atoms with Crippen LogP contribution in [0.4, 0.5) is 14.5 Å². The zero-order valence-corrected chi connectivity index (χ0v) is 18.6. The molecular formula is C24H27F2N3O5. The molecule has 0 bridgehead atoms. The van der Waals surface area contributed by atoms with Crippen LogP contribution in [0.2, 0.25) is 0 Å². The van der Waals surface area contributed by atoms with Gasteiger partial charge < -0.3 is 25.4 Å². The van der Waals surface area contributed by atoms with Crippen LogP contribution in [0.15, 0.2) is 36.4 Å². The molecule has 0 aliphatic carbocycles. The number of aliphatic carboxylic acids is 1. The number of fused-ring (bicyclic) bond motifs is 1. The summed E-state index contributed by atoms with van der Waals surface area (Å²) in [7, 11) is 0. The van der Waals surface area contributed by atoms with Gasteiger partial charge in [0.1, 0.15) is 23.9 Å². The van der Waals surface area contributed by atoms with Crippen molar-refractivity contribution in [3.05, 3.63) is 59.2 Å². The number of rotatable bonds is 11. The van der Waals surface area contributed by atoms with Gasteiger partial charge in [-0.1, -0.05) is 6.07 Å². The summed E-state index contributed by atoms with van der Waals surface area (Å²) < 4.78 is 33.4. The third-order valence-electron chi connectivity index (χ3n) is 5.46. The minimum absolute atomic E-state index is 0.0763. The number of hydrogen-bond donors (Lipinski definition) is 2. The zero-order valence-electron chi connectivity index (χ0n) is 18.6. The summed E-state index contributed by atoms with van der Waals surface area (Å²) in [6, 6.07) is 7.72. The van der Waals surface area contributed by atoms with Crippen molar-refractivity contribution in [1.82, 2.24) is 4.90 Å². The summed E-state index contributed by atoms with van der Waals surface area (Å²) in [5.41, 5.74) is 5.94. The second-order valence-corrected chi connectivity index (χ2v) is 7.96. The van der Waals surface area contributed by atoms with E-state index >= 15 is 0 Å². The molecule has 2 aromatic rings. The van der Waals surface area contributed by atoms with Crippen molar-refractivity contribution in [2.24, 2.45) is 5.73 Å². The van der Waals surface area contributed by atoms with E-state index in [1.165, 1.54) is 17.0 Å². The van der Waals surface area contributed by atoms with E-state index < -0.39 is 29.4 Å². The monoisotopic (exact) mass is 475 g/mol. The van der Waals surface area contributed by atoms with E-state index in [4.69, 9.17) is 15.6 Å². The Balaban J connectivity index is 1.92. The van der Waals surface area contributed by atoms with Crippen LogP contribution in [0.5, 0.6) is 5.75 Å². The van der Waals surface area contributed by atoms with Crippen molar-refractivity contribution in [3.63, 3.8) is 0 Å². The van der Waals surface area contributed by atoms with Gasteiger partial charge in [-0.15, -0.1) is 0 Å². The van der Waals surface area contributed by atoms with Crippen LogP contribution in [-0.4, -0.2) is 54.0 Å². The van der Waals surface area contributed by atoms with Crippen molar-refractivity contribution >= 4 is 23.5 Å². The van der Waals surface area contributed by atoms with Crippen molar-refractivity contribution in [1.29, 1.82) is 0 Å². The van der Waals surface area contributed by atoms with Crippen molar-refractivity contribution < 1.29 is 33.0 Å². The first-order chi connectivity index (χ1) is 16.3. The van der Waals surface area contributed by atoms with Gasteiger partial charge in [-0.25, -0.2) is 8.78 Å². The minimum Gasteiger partial charge on any atom is -0.494 e. The molecule has 34 heavy (non-hydrogen) atoms. The molecule has 0 saturated heterocycles. The maximum Gasteiger partial charge on any atom is 0.305 e. The van der Waals surface area contributed by atoms with Gasteiger partial charge in [0.2, 0.25) is 5.91 Å². The Labute approximate surface area is 195 Å². The van der Waals surface area contributed by atoms with Gasteiger partial charge in [0, 0.05) is 18.2 Å². The number of benzene rings is 2.